The lowest BCUT2D eigenvalue weighted by atomic mass is 10.1. The summed E-state index contributed by atoms with van der Waals surface area (Å²) in [5, 5.41) is 30.8. The van der Waals surface area contributed by atoms with Gasteiger partial charge < -0.3 is 103 Å². The number of carbonyl (C=O) groups is 8. The largest absolute Gasteiger partial charge is 0.489 e. The summed E-state index contributed by atoms with van der Waals surface area (Å²) < 4.78 is 64.9. The molecule has 0 saturated carbocycles. The van der Waals surface area contributed by atoms with Crippen molar-refractivity contribution in [3.8, 4) is 45.9 Å². The van der Waals surface area contributed by atoms with Crippen LogP contribution in [0.15, 0.2) is 81.6 Å². The van der Waals surface area contributed by atoms with Gasteiger partial charge in [0.1, 0.15) is 90.4 Å². The molecule has 644 valence electrons. The van der Waals surface area contributed by atoms with Gasteiger partial charge in [0.2, 0.25) is 29.5 Å². The number of benzene rings is 4. The summed E-state index contributed by atoms with van der Waals surface area (Å²) in [6.07, 6.45) is -0.885. The molecule has 4 aliphatic rings. The normalized spacial score (nSPS) is 15.8. The lowest BCUT2D eigenvalue weighted by Crippen LogP contribution is -2.50. The Bertz CT molecular complexity index is 4210. The van der Waals surface area contributed by atoms with Gasteiger partial charge in [-0.25, -0.2) is 31.3 Å². The quantitative estimate of drug-likeness (QED) is 0.0130. The van der Waals surface area contributed by atoms with Crippen molar-refractivity contribution in [3.63, 3.8) is 0 Å². The first kappa shape index (κ1) is 103. The van der Waals surface area contributed by atoms with Gasteiger partial charge in [0.15, 0.2) is 0 Å². The number of likely N-dealkylation sites (N-methyl/N-ethyl adjacent to an activating group) is 4. The highest BCUT2D eigenvalue weighted by atomic mass is 35.5. The third-order valence-electron chi connectivity index (χ3n) is 15.2. The Kier molecular flexibility index (Phi) is 42.8. The Morgan fingerprint density at radius 3 is 1.12 bits per heavy atom. The van der Waals surface area contributed by atoms with Crippen molar-refractivity contribution in [2.24, 2.45) is 11.6 Å². The molecule has 4 atom stereocenters. The smallest absolute Gasteiger partial charge is 0.408 e. The van der Waals surface area contributed by atoms with Crippen LogP contribution in [0.4, 0.5) is 37.1 Å². The number of rotatable bonds is 13. The van der Waals surface area contributed by atoms with Crippen LogP contribution in [0.3, 0.4) is 0 Å². The summed E-state index contributed by atoms with van der Waals surface area (Å²) in [5.41, 5.74) is 21.1. The SMILES string of the molecule is CCO.CCOC(C)(OCC)OCC.CCc1ccc2c(c1)OC[C@H](NC(=O)OC(C)(C)C)C(=O)N2C.CN1C(=O)[C@@H](NC(=O)OC(C)(C)C)COc2cc(C(=O)NN)ccc21.Cc1nnc(-c2ccc3c(c2)OC[C@H](N)C(=O)N3C)o1.Cc1nnc(-c2ccc3c(c2)OC[C@H](NC(=O)OC(C)(C)C)C(=O)N3C)o1.Cl.Cl.N=N.O=C=O.[HH]. The van der Waals surface area contributed by atoms with Crippen molar-refractivity contribution in [1.29, 1.82) is 11.1 Å². The van der Waals surface area contributed by atoms with E-state index in [0.717, 1.165) is 17.5 Å². The summed E-state index contributed by atoms with van der Waals surface area (Å²) in [6.45, 7) is 32.6. The fraction of sp³-hybridized carbons (Fsp3) is 0.507. The molecule has 41 heteroatoms. The predicted molar refractivity (Wildman–Crippen MR) is 429 cm³/mol. The number of aryl methyl sites for hydroxylation is 3. The molecule has 0 fully saturated rings. The molecule has 6 aromatic rings. The zero-order valence-corrected chi connectivity index (χ0v) is 70.7. The molecule has 4 aliphatic heterocycles. The van der Waals surface area contributed by atoms with Gasteiger partial charge in [-0.3, -0.25) is 29.4 Å². The first-order valence-electron chi connectivity index (χ1n) is 35.8. The molecular formula is C75H112Cl2N16O23. The van der Waals surface area contributed by atoms with Crippen LogP contribution in [0.5, 0.6) is 23.0 Å². The Labute approximate surface area is 687 Å². The van der Waals surface area contributed by atoms with Crippen LogP contribution < -0.4 is 71.5 Å². The summed E-state index contributed by atoms with van der Waals surface area (Å²) >= 11 is 0. The van der Waals surface area contributed by atoms with Crippen LogP contribution in [0.1, 0.15) is 133 Å². The van der Waals surface area contributed by atoms with Crippen LogP contribution in [-0.4, -0.2) is 207 Å². The number of ether oxygens (including phenoxy) is 10. The van der Waals surface area contributed by atoms with E-state index in [1.165, 1.54) is 31.7 Å². The van der Waals surface area contributed by atoms with Gasteiger partial charge in [0.25, 0.3) is 29.6 Å². The third kappa shape index (κ3) is 32.3. The van der Waals surface area contributed by atoms with Crippen LogP contribution in [0.25, 0.3) is 22.9 Å². The summed E-state index contributed by atoms with van der Waals surface area (Å²) in [5.74, 6) is 6.47. The number of aromatic nitrogens is 4. The van der Waals surface area contributed by atoms with E-state index in [9.17, 15) is 38.4 Å². The van der Waals surface area contributed by atoms with Gasteiger partial charge in [-0.1, -0.05) is 13.0 Å². The second kappa shape index (κ2) is 48.3. The first-order chi connectivity index (χ1) is 53.5. The Hall–Kier alpha value is -11.2. The summed E-state index contributed by atoms with van der Waals surface area (Å²) in [6, 6.07) is 17.7. The summed E-state index contributed by atoms with van der Waals surface area (Å²) in [4.78, 5) is 119. The molecule has 0 unspecified atom stereocenters. The number of nitrogens with zero attached hydrogens (tertiary/aromatic N) is 8. The number of anilines is 4. The number of halogens is 2. The van der Waals surface area contributed by atoms with Crippen LogP contribution >= 0.6 is 24.8 Å². The van der Waals surface area contributed by atoms with Crippen LogP contribution in [-0.2, 0) is 63.6 Å². The van der Waals surface area contributed by atoms with Crippen LogP contribution in [0, 0.1) is 24.9 Å². The lowest BCUT2D eigenvalue weighted by Gasteiger charge is -2.27. The molecule has 116 heavy (non-hydrogen) atoms. The minimum absolute atomic E-state index is 0. The van der Waals surface area contributed by atoms with Gasteiger partial charge in [0.05, 0.1) is 22.7 Å². The number of hydrogen-bond donors (Lipinski definition) is 9. The lowest BCUT2D eigenvalue weighted by molar-refractivity contribution is -0.365. The average Bonchev–Trinajstić information content (AvgIpc) is 1.71. The number of aliphatic hydroxyl groups excluding tert-OH is 1. The van der Waals surface area contributed by atoms with Crippen molar-refractivity contribution in [3.05, 3.63) is 95.7 Å². The van der Waals surface area contributed by atoms with E-state index in [4.69, 9.17) is 93.5 Å². The monoisotopic (exact) mass is 1670 g/mol. The Balaban J connectivity index is 0.00000142. The minimum atomic E-state index is -0.918. The molecule has 11 N–H and O–H groups in total. The summed E-state index contributed by atoms with van der Waals surface area (Å²) in [7, 11) is 6.52. The zero-order chi connectivity index (χ0) is 86.2. The molecule has 8 amide bonds. The van der Waals surface area contributed by atoms with Gasteiger partial charge in [-0.05, 0) is 169 Å². The molecule has 39 nitrogen and oxygen atoms in total. The number of nitrogen functional groups attached to an aromatic ring is 1. The number of fused-ring (bicyclic) bond motifs is 4. The van der Waals surface area contributed by atoms with Crippen LogP contribution in [0.2, 0.25) is 0 Å². The fourth-order valence-electron chi connectivity index (χ4n) is 10.2. The number of nitrogens with one attached hydrogen (secondary N) is 6. The van der Waals surface area contributed by atoms with Crippen molar-refractivity contribution in [2.75, 3.05) is 101 Å². The fourth-order valence-corrected chi connectivity index (χ4v) is 10.2. The zero-order valence-electron chi connectivity index (χ0n) is 69.1. The molecule has 10 rings (SSSR count). The van der Waals surface area contributed by atoms with E-state index < -0.39 is 71.1 Å². The maximum Gasteiger partial charge on any atom is 0.408 e. The number of hydrogen-bond acceptors (Lipinski definition) is 31. The second-order valence-electron chi connectivity index (χ2n) is 27.5. The number of nitrogens with two attached hydrogens (primary N) is 2. The van der Waals surface area contributed by atoms with E-state index in [-0.39, 0.29) is 89.1 Å². The highest BCUT2D eigenvalue weighted by Crippen LogP contribution is 2.38. The van der Waals surface area contributed by atoms with Gasteiger partial charge in [0, 0.05) is 93.5 Å². The number of amides is 8. The standard InChI is InChI=1S/C18H22N4O5.C17H24N2O4.C16H22N4O5.C13H14N4O3.C8H18O3.C2H6O.CO2.2ClH.H2N2.H2/c1-10-20-21-15(26-10)11-6-7-13-14(8-11)25-9-12(16(23)22(13)5)19-17(24)27-18(2,3)4;1-6-11-7-8-13-14(9-11)22-10-12(15(20)19(13)5)18-16(21)23-17(2,3)4;1-16(2,3)25-15(23)18-10-8-24-12-7-9(13(21)19-17)5-6-11(12)20(4)14(10)22;1-7-15-16-12(20-7)8-3-4-10-11(5-8)19-6-9(14)13(18)17(10)2;1-5-9-8(4,10-6-2)11-7-3;1-2-3;2-1-3;;;1-2;/h6-8,12H,9H2,1-5H3,(H,19,24);7-9,12H,6,10H2,1-5H3,(H,18,21);5-7,10H,8,17H2,1-4H3,(H,18,23)(H,19,21);3-5,9H,6,14H2,1-2H3;5-7H2,1-4H3;3H,2H2,1H3;;2*1H;1-2H;1H/t2*12-;10-;9-;;;;;;;/m0000......./s1. The second-order valence-corrected chi connectivity index (χ2v) is 27.5. The highest BCUT2D eigenvalue weighted by molar-refractivity contribution is 6.03. The number of aliphatic hydroxyl groups is 1. The average molecular weight is 1680 g/mol. The molecule has 0 spiro atoms. The Morgan fingerprint density at radius 1 is 0.517 bits per heavy atom. The topological polar surface area (TPSA) is 522 Å². The molecular weight excluding hydrogens is 1560 g/mol. The van der Waals surface area contributed by atoms with Gasteiger partial charge in [-0.15, -0.1) is 45.2 Å². The molecule has 0 saturated heterocycles. The maximum absolute atomic E-state index is 12.7. The molecule has 0 aliphatic carbocycles. The van der Waals surface area contributed by atoms with Crippen molar-refractivity contribution < 1.29 is 111 Å². The van der Waals surface area contributed by atoms with Crippen molar-refractivity contribution in [2.45, 2.75) is 171 Å². The highest BCUT2D eigenvalue weighted by Gasteiger charge is 2.37. The number of hydrazine groups is 1. The van der Waals surface area contributed by atoms with E-state index >= 15 is 0 Å². The first-order valence-corrected chi connectivity index (χ1v) is 35.8. The third-order valence-corrected chi connectivity index (χ3v) is 15.2. The van der Waals surface area contributed by atoms with E-state index in [2.05, 4.69) is 43.3 Å². The molecule has 0 radical (unpaired) electrons. The minimum Gasteiger partial charge on any atom is -0.489 e. The molecule has 0 bridgehead atoms. The van der Waals surface area contributed by atoms with E-state index in [1.54, 1.807) is 161 Å². The Morgan fingerprint density at radius 2 is 0.819 bits per heavy atom. The number of alkyl carbamates (subject to hydrolysis) is 3. The van der Waals surface area contributed by atoms with Crippen molar-refractivity contribution in [1.82, 2.24) is 41.8 Å². The number of carbonyl (C=O) groups excluding carboxylic acids is 10. The maximum atomic E-state index is 12.7. The predicted octanol–water partition coefficient (Wildman–Crippen LogP) is 8.93. The molecule has 2 aromatic heterocycles. The molecule has 6 heterocycles. The van der Waals surface area contributed by atoms with Crippen molar-refractivity contribution >= 4 is 102 Å². The van der Waals surface area contributed by atoms with Gasteiger partial charge >= 0.3 is 24.4 Å². The molecule has 4 aromatic carbocycles. The van der Waals surface area contributed by atoms with E-state index in [0.29, 0.717) is 100 Å². The van der Waals surface area contributed by atoms with E-state index in [1.807, 2.05) is 44.4 Å². The van der Waals surface area contributed by atoms with Gasteiger partial charge in [-0.2, -0.15) is 9.59 Å².